The quantitative estimate of drug-likeness (QED) is 0.270. The largest absolute Gasteiger partial charge is 0.481 e. The summed E-state index contributed by atoms with van der Waals surface area (Å²) in [5, 5.41) is 3.77. The highest BCUT2D eigenvalue weighted by Crippen LogP contribution is 2.38. The summed E-state index contributed by atoms with van der Waals surface area (Å²) < 4.78 is 32.3. The number of aromatic nitrogens is 4. The molecule has 2 aliphatic rings. The molecule has 2 saturated heterocycles. The summed E-state index contributed by atoms with van der Waals surface area (Å²) in [6.07, 6.45) is 3.55. The van der Waals surface area contributed by atoms with E-state index in [-0.39, 0.29) is 34.2 Å². The van der Waals surface area contributed by atoms with E-state index in [1.54, 1.807) is 31.0 Å². The van der Waals surface area contributed by atoms with E-state index in [1.165, 1.54) is 6.07 Å². The highest BCUT2D eigenvalue weighted by Gasteiger charge is 2.45. The maximum absolute atomic E-state index is 13.8. The number of nitrogens with one attached hydrogen (secondary N) is 2. The molecule has 0 unspecified atom stereocenters. The molecule has 0 radical (unpaired) electrons. The van der Waals surface area contributed by atoms with Crippen LogP contribution in [0.5, 0.6) is 5.88 Å². The molecule has 15 heteroatoms. The Morgan fingerprint density at radius 3 is 2.53 bits per heavy atom. The maximum atomic E-state index is 13.8. The Labute approximate surface area is 265 Å². The fourth-order valence-corrected chi connectivity index (χ4v) is 6.88. The van der Waals surface area contributed by atoms with Crippen LogP contribution < -0.4 is 30.1 Å². The summed E-state index contributed by atoms with van der Waals surface area (Å²) in [6, 6.07) is 10.7. The van der Waals surface area contributed by atoms with Crippen LogP contribution in [0.3, 0.4) is 0 Å². The predicted molar refractivity (Wildman–Crippen MR) is 173 cm³/mol. The SMILES string of the molecule is COc1cc(N2C[C@H]3C[C@@H]2CN3c2nc3c([C@@H](C)Nc4ccc(Cl)nc4C(=O)NS(C)(=O)=O)cc(C)cc3c(=O)n2C)ccn1. The number of sulfonamides is 1. The van der Waals surface area contributed by atoms with Gasteiger partial charge in [0.05, 0.1) is 42.0 Å². The summed E-state index contributed by atoms with van der Waals surface area (Å²) in [5.41, 5.74) is 3.14. The first kappa shape index (κ1) is 30.6. The highest BCUT2D eigenvalue weighted by atomic mass is 35.5. The molecular formula is C30H33ClN8O5S. The number of ether oxygens (including phenoxy) is 1. The van der Waals surface area contributed by atoms with Crippen LogP contribution in [0.15, 0.2) is 47.4 Å². The van der Waals surface area contributed by atoms with Crippen LogP contribution in [0.1, 0.15) is 41.0 Å². The predicted octanol–water partition coefficient (Wildman–Crippen LogP) is 3.02. The van der Waals surface area contributed by atoms with Gasteiger partial charge in [-0.05, 0) is 50.1 Å². The summed E-state index contributed by atoms with van der Waals surface area (Å²) in [4.78, 5) is 44.5. The van der Waals surface area contributed by atoms with Gasteiger partial charge in [0, 0.05) is 49.7 Å². The Kier molecular flexibility index (Phi) is 7.81. The molecule has 45 heavy (non-hydrogen) atoms. The number of halogens is 1. The lowest BCUT2D eigenvalue weighted by molar-refractivity contribution is 0.0977. The second-order valence-electron chi connectivity index (χ2n) is 11.5. The number of pyridine rings is 2. The molecule has 1 aromatic carbocycles. The molecule has 4 aromatic rings. The number of fused-ring (bicyclic) bond motifs is 3. The molecule has 5 heterocycles. The van der Waals surface area contributed by atoms with Gasteiger partial charge in [0.25, 0.3) is 11.5 Å². The Hall–Kier alpha value is -4.43. The van der Waals surface area contributed by atoms with Gasteiger partial charge in [0.15, 0.2) is 5.69 Å². The van der Waals surface area contributed by atoms with Gasteiger partial charge in [-0.15, -0.1) is 0 Å². The Balaban J connectivity index is 1.34. The topological polar surface area (TPSA) is 152 Å². The fourth-order valence-electron chi connectivity index (χ4n) is 6.30. The smallest absolute Gasteiger partial charge is 0.285 e. The molecular weight excluding hydrogens is 620 g/mol. The van der Waals surface area contributed by atoms with Gasteiger partial charge in [-0.2, -0.15) is 0 Å². The number of hydrogen-bond acceptors (Lipinski definition) is 11. The minimum atomic E-state index is -3.84. The summed E-state index contributed by atoms with van der Waals surface area (Å²) >= 11 is 6.05. The monoisotopic (exact) mass is 652 g/mol. The number of nitrogens with zero attached hydrogens (tertiary/aromatic N) is 6. The number of rotatable bonds is 8. The van der Waals surface area contributed by atoms with Gasteiger partial charge in [0.2, 0.25) is 21.9 Å². The molecule has 236 valence electrons. The fraction of sp³-hybridized carbons (Fsp3) is 0.367. The van der Waals surface area contributed by atoms with E-state index in [0.29, 0.717) is 29.3 Å². The number of carbonyl (C=O) groups excluding carboxylic acids is 1. The van der Waals surface area contributed by atoms with Crippen LogP contribution in [0, 0.1) is 6.92 Å². The zero-order chi connectivity index (χ0) is 32.2. The van der Waals surface area contributed by atoms with Gasteiger partial charge in [-0.1, -0.05) is 17.7 Å². The van der Waals surface area contributed by atoms with Crippen LogP contribution in [0.25, 0.3) is 10.9 Å². The zero-order valence-corrected chi connectivity index (χ0v) is 27.0. The van der Waals surface area contributed by atoms with Gasteiger partial charge >= 0.3 is 0 Å². The van der Waals surface area contributed by atoms with Crippen molar-refractivity contribution in [1.29, 1.82) is 0 Å². The van der Waals surface area contributed by atoms with Crippen molar-refractivity contribution in [2.45, 2.75) is 38.4 Å². The number of aryl methyl sites for hydroxylation is 1. The summed E-state index contributed by atoms with van der Waals surface area (Å²) in [7, 11) is -0.490. The molecule has 2 bridgehead atoms. The van der Waals surface area contributed by atoms with Crippen molar-refractivity contribution in [2.24, 2.45) is 7.05 Å². The molecule has 0 aliphatic carbocycles. The molecule has 0 saturated carbocycles. The van der Waals surface area contributed by atoms with Crippen molar-refractivity contribution >= 4 is 55.8 Å². The first-order chi connectivity index (χ1) is 21.3. The van der Waals surface area contributed by atoms with Crippen molar-refractivity contribution in [1.82, 2.24) is 24.2 Å². The third-order valence-corrected chi connectivity index (χ3v) is 9.05. The van der Waals surface area contributed by atoms with E-state index >= 15 is 0 Å². The number of piperazine rings is 1. The van der Waals surface area contributed by atoms with E-state index in [4.69, 9.17) is 21.3 Å². The van der Waals surface area contributed by atoms with Gasteiger partial charge < -0.3 is 19.9 Å². The highest BCUT2D eigenvalue weighted by molar-refractivity contribution is 7.89. The lowest BCUT2D eigenvalue weighted by atomic mass is 10.0. The third-order valence-electron chi connectivity index (χ3n) is 8.28. The average Bonchev–Trinajstić information content (AvgIpc) is 3.60. The van der Waals surface area contributed by atoms with Gasteiger partial charge in [0.1, 0.15) is 5.15 Å². The molecule has 1 amide bonds. The molecule has 2 N–H and O–H groups in total. The Bertz CT molecular complexity index is 2000. The first-order valence-electron chi connectivity index (χ1n) is 14.3. The Morgan fingerprint density at radius 1 is 1.11 bits per heavy atom. The van der Waals surface area contributed by atoms with Crippen LogP contribution in [0.4, 0.5) is 17.3 Å². The third kappa shape index (κ3) is 5.87. The number of anilines is 3. The molecule has 3 atom stereocenters. The molecule has 6 rings (SSSR count). The Morgan fingerprint density at radius 2 is 1.84 bits per heavy atom. The van der Waals surface area contributed by atoms with E-state index in [2.05, 4.69) is 25.1 Å². The van der Waals surface area contributed by atoms with Crippen molar-refractivity contribution < 1.29 is 17.9 Å². The number of carbonyl (C=O) groups is 1. The standard InChI is InChI=1S/C30H33ClN8O5S/c1-16-10-21(17(2)33-23-6-7-24(31)34-27(23)28(40)36-45(5,42)43)26-22(11-16)29(41)37(3)30(35-26)39-15-19-12-20(39)14-38(19)18-8-9-32-25(13-18)44-4/h6-11,13,17,19-20,33H,12,14-15H2,1-5H3,(H,36,40)/t17-,19-,20-/m1/s1. The van der Waals surface area contributed by atoms with E-state index in [0.717, 1.165) is 36.0 Å². The van der Waals surface area contributed by atoms with E-state index in [1.807, 2.05) is 42.8 Å². The molecule has 3 aromatic heterocycles. The van der Waals surface area contributed by atoms with Crippen molar-refractivity contribution in [3.8, 4) is 5.88 Å². The number of hydrogen-bond donors (Lipinski definition) is 2. The average molecular weight is 653 g/mol. The second-order valence-corrected chi connectivity index (χ2v) is 13.7. The lowest BCUT2D eigenvalue weighted by Gasteiger charge is -2.36. The minimum absolute atomic E-state index is 0.0317. The number of methoxy groups -OCH3 is 1. The number of benzene rings is 1. The van der Waals surface area contributed by atoms with Crippen LogP contribution >= 0.6 is 11.6 Å². The van der Waals surface area contributed by atoms with E-state index in [9.17, 15) is 18.0 Å². The normalized spacial score (nSPS) is 18.4. The molecule has 2 aliphatic heterocycles. The molecule has 2 fully saturated rings. The van der Waals surface area contributed by atoms with Crippen LogP contribution in [-0.4, -0.2) is 72.4 Å². The second kappa shape index (κ2) is 11.5. The van der Waals surface area contributed by atoms with Crippen LogP contribution in [0.2, 0.25) is 5.15 Å². The lowest BCUT2D eigenvalue weighted by Crippen LogP contribution is -2.48. The minimum Gasteiger partial charge on any atom is -0.481 e. The first-order valence-corrected chi connectivity index (χ1v) is 16.6. The molecule has 13 nitrogen and oxygen atoms in total. The van der Waals surface area contributed by atoms with Crippen molar-refractivity contribution in [2.75, 3.05) is 41.6 Å². The van der Waals surface area contributed by atoms with Crippen LogP contribution in [-0.2, 0) is 17.1 Å². The number of amides is 1. The van der Waals surface area contributed by atoms with Gasteiger partial charge in [-0.25, -0.2) is 28.1 Å². The summed E-state index contributed by atoms with van der Waals surface area (Å²) in [6.45, 7) is 5.25. The van der Waals surface area contributed by atoms with Gasteiger partial charge in [-0.3, -0.25) is 14.2 Å². The maximum Gasteiger partial charge on any atom is 0.285 e. The van der Waals surface area contributed by atoms with Crippen molar-refractivity contribution in [3.63, 3.8) is 0 Å². The zero-order valence-electron chi connectivity index (χ0n) is 25.4. The summed E-state index contributed by atoms with van der Waals surface area (Å²) in [5.74, 6) is 0.237. The van der Waals surface area contributed by atoms with Crippen molar-refractivity contribution in [3.05, 3.63) is 74.9 Å². The van der Waals surface area contributed by atoms with E-state index < -0.39 is 22.0 Å². The molecule has 0 spiro atoms.